The quantitative estimate of drug-likeness (QED) is 0.182. The summed E-state index contributed by atoms with van der Waals surface area (Å²) in [4.78, 5) is 0. The van der Waals surface area contributed by atoms with E-state index in [1.54, 1.807) is 0 Å². The second kappa shape index (κ2) is 84.3. The average Bonchev–Trinajstić information content (AvgIpc) is 3.07. The molecular weight excluding hydrogens is 759 g/mol. The predicted octanol–water partition coefficient (Wildman–Crippen LogP) is 14.2. The molecule has 0 N–H and O–H groups in total. The van der Waals surface area contributed by atoms with Crippen molar-refractivity contribution in [3.05, 3.63) is 128 Å². The molecule has 0 fully saturated rings. The van der Waals surface area contributed by atoms with Gasteiger partial charge in [0.2, 0.25) is 0 Å². The number of hydrogen-bond acceptors (Lipinski definition) is 0. The number of hydrogen-bond donors (Lipinski definition) is 0. The zero-order valence-electron chi connectivity index (χ0n) is 31.2. The molecule has 3 aromatic carbocycles. The first-order valence-corrected chi connectivity index (χ1v) is 15.6. The summed E-state index contributed by atoms with van der Waals surface area (Å²) in [5.41, 5.74) is 3.13. The molecule has 0 aliphatic carbocycles. The maximum Gasteiger partial charge on any atom is 0 e. The summed E-state index contributed by atoms with van der Waals surface area (Å²) < 4.78 is 0. The summed E-state index contributed by atoms with van der Waals surface area (Å²) in [5, 5.41) is 0. The van der Waals surface area contributed by atoms with E-state index in [1.165, 1.54) is 37.5 Å². The largest absolute Gasteiger partial charge is 0.394 e. The minimum atomic E-state index is 0. The predicted molar refractivity (Wildman–Crippen MR) is 195 cm³/mol. The summed E-state index contributed by atoms with van der Waals surface area (Å²) in [6.07, 6.45) is 7.83. The van der Waals surface area contributed by atoms with Crippen LogP contribution in [0.25, 0.3) is 17.2 Å². The van der Waals surface area contributed by atoms with Gasteiger partial charge in [-0.25, -0.2) is 23.3 Å². The van der Waals surface area contributed by atoms with E-state index in [0.29, 0.717) is 0 Å². The molecule has 3 radical (unpaired) electrons. The summed E-state index contributed by atoms with van der Waals surface area (Å²) in [6.45, 7) is 43.4. The van der Waals surface area contributed by atoms with Gasteiger partial charge in [-0.05, 0) is 0 Å². The molecule has 3 heteroatoms. The van der Waals surface area contributed by atoms with Crippen molar-refractivity contribution in [1.82, 2.24) is 0 Å². The van der Waals surface area contributed by atoms with Crippen molar-refractivity contribution in [2.75, 3.05) is 0 Å². The monoisotopic (exact) mass is 825 g/mol. The van der Waals surface area contributed by atoms with Gasteiger partial charge in [-0.1, -0.05) is 116 Å². The molecule has 3 aromatic rings. The molecule has 0 aliphatic heterocycles. The zero-order valence-corrected chi connectivity index (χ0v) is 39.8. The molecule has 0 saturated heterocycles. The topological polar surface area (TPSA) is 0 Å². The van der Waals surface area contributed by atoms with Gasteiger partial charge >= 0.3 is 0 Å². The first-order valence-electron chi connectivity index (χ1n) is 15.6. The van der Waals surface area contributed by atoms with E-state index >= 15 is 0 Å². The van der Waals surface area contributed by atoms with E-state index in [9.17, 15) is 0 Å². The molecule has 0 amide bonds. The molecule has 0 atom stereocenters. The molecular formula is C41H66Y3-6. The maximum absolute atomic E-state index is 5.19. The van der Waals surface area contributed by atoms with Crippen LogP contribution < -0.4 is 0 Å². The van der Waals surface area contributed by atoms with E-state index in [1.807, 2.05) is 128 Å². The van der Waals surface area contributed by atoms with Crippen LogP contribution in [0.5, 0.6) is 0 Å². The summed E-state index contributed by atoms with van der Waals surface area (Å²) in [5.74, 6) is 0. The fraction of sp³-hybridized carbons (Fsp3) is 0.415. The van der Waals surface area contributed by atoms with Crippen LogP contribution in [-0.4, -0.2) is 0 Å². The Balaban J connectivity index is -0.0000000402. The average molecular weight is 826 g/mol. The third kappa shape index (κ3) is 73.6. The molecule has 0 aromatic heterocycles. The molecule has 3 rings (SSSR count). The van der Waals surface area contributed by atoms with Crippen LogP contribution in [0.3, 0.4) is 0 Å². The Labute approximate surface area is 355 Å². The van der Waals surface area contributed by atoms with Crippen LogP contribution in [0.1, 0.15) is 122 Å². The van der Waals surface area contributed by atoms with Crippen LogP contribution in [0, 0.1) is 37.9 Å². The number of allylic oxidation sites excluding steroid dienone is 2. The third-order valence-electron chi connectivity index (χ3n) is 2.73. The third-order valence-corrected chi connectivity index (χ3v) is 2.73. The molecule has 44 heavy (non-hydrogen) atoms. The van der Waals surface area contributed by atoms with Gasteiger partial charge in [-0.2, -0.15) is 60.7 Å². The Morgan fingerprint density at radius 3 is 0.841 bits per heavy atom. The maximum atomic E-state index is 5.19. The van der Waals surface area contributed by atoms with Gasteiger partial charge in [0.25, 0.3) is 0 Å². The molecule has 245 valence electrons. The molecule has 0 unspecified atom stereocenters. The Kier molecular flexibility index (Phi) is 135. The Hall–Kier alpha value is 0.192. The van der Waals surface area contributed by atoms with Gasteiger partial charge in [0, 0.05) is 98.1 Å². The van der Waals surface area contributed by atoms with Gasteiger partial charge in [0.15, 0.2) is 0 Å². The molecule has 0 spiro atoms. The van der Waals surface area contributed by atoms with Crippen molar-refractivity contribution in [2.24, 2.45) is 0 Å². The minimum Gasteiger partial charge on any atom is -0.394 e. The first-order chi connectivity index (χ1) is 20.1. The smallest absolute Gasteiger partial charge is 0 e. The van der Waals surface area contributed by atoms with Crippen molar-refractivity contribution < 1.29 is 98.1 Å². The Morgan fingerprint density at radius 1 is 0.455 bits per heavy atom. The van der Waals surface area contributed by atoms with Crippen LogP contribution in [0.2, 0.25) is 0 Å². The minimum absolute atomic E-state index is 0. The van der Waals surface area contributed by atoms with Crippen LogP contribution in [0.15, 0.2) is 84.9 Å². The molecule has 0 saturated carbocycles. The van der Waals surface area contributed by atoms with Crippen molar-refractivity contribution in [3.8, 4) is 11.1 Å². The van der Waals surface area contributed by atoms with Crippen molar-refractivity contribution in [2.45, 2.75) is 116 Å². The number of rotatable bonds is 3. The van der Waals surface area contributed by atoms with E-state index in [0.717, 1.165) is 16.7 Å². The van der Waals surface area contributed by atoms with Gasteiger partial charge in [-0.15, -0.1) is 18.2 Å². The summed E-state index contributed by atoms with van der Waals surface area (Å²) in [6, 6.07) is 32.7. The van der Waals surface area contributed by atoms with Gasteiger partial charge in [-0.3, -0.25) is 0 Å². The summed E-state index contributed by atoms with van der Waals surface area (Å²) >= 11 is 0. The standard InChI is InChI=1S/C12H8.C8H6.C4H4.3C3H8.4C2H6.3Y/c1-3-7-11(8-4-1)12-9-5-2-6-10-12;1-2-8-6-4-3-5-7-8;1-3-4-2;3*1-3-2;4*1-2;;;/h1-7,9H;1-6H;1-4H;3*3H2,1-2H3;4*1-2H3;;;/q3*-2;;;;;;;;;;. The van der Waals surface area contributed by atoms with Crippen molar-refractivity contribution >= 4 is 6.08 Å². The normalized spacial score (nSPS) is 6.41. The fourth-order valence-corrected chi connectivity index (χ4v) is 1.63. The molecule has 0 aliphatic rings. The second-order valence-electron chi connectivity index (χ2n) is 6.54. The van der Waals surface area contributed by atoms with Gasteiger partial charge < -0.3 is 43.5 Å². The van der Waals surface area contributed by atoms with Gasteiger partial charge in [0.05, 0.1) is 0 Å². The van der Waals surface area contributed by atoms with Gasteiger partial charge in [0.1, 0.15) is 0 Å². The van der Waals surface area contributed by atoms with E-state index < -0.39 is 0 Å². The van der Waals surface area contributed by atoms with E-state index in [4.69, 9.17) is 19.7 Å². The Morgan fingerprint density at radius 2 is 0.705 bits per heavy atom. The molecule has 0 heterocycles. The zero-order chi connectivity index (χ0) is 33.6. The fourth-order valence-electron chi connectivity index (χ4n) is 1.63. The van der Waals surface area contributed by atoms with Crippen LogP contribution in [0.4, 0.5) is 0 Å². The molecule has 0 nitrogen and oxygen atoms in total. The van der Waals surface area contributed by atoms with Crippen LogP contribution >= 0.6 is 0 Å². The van der Waals surface area contributed by atoms with E-state index in [2.05, 4.69) is 59.7 Å². The number of benzene rings is 3. The summed E-state index contributed by atoms with van der Waals surface area (Å²) in [7, 11) is 0. The second-order valence-corrected chi connectivity index (χ2v) is 6.54. The molecule has 0 bridgehead atoms. The van der Waals surface area contributed by atoms with E-state index in [-0.39, 0.29) is 98.1 Å². The SMILES string of the molecule is CC.CC.CC.CC.CCC.CCC.CCC.[CH-]=CC=[CH-].[CH-]=Cc1[c-]cccc1.[Y].[Y].[Y].[c-]1ccccc1-c1[c-]cccc1. The Bertz CT molecular complexity index is 707. The van der Waals surface area contributed by atoms with Crippen molar-refractivity contribution in [1.29, 1.82) is 0 Å². The van der Waals surface area contributed by atoms with Crippen molar-refractivity contribution in [3.63, 3.8) is 0 Å². The first kappa shape index (κ1) is 70.5. The van der Waals surface area contributed by atoms with Crippen LogP contribution in [-0.2, 0) is 98.1 Å².